The second kappa shape index (κ2) is 6.38. The molecular formula is C15H16O9. The maximum Gasteiger partial charge on any atom is 0.336 e. The molecule has 1 aliphatic heterocycles. The molecule has 5 atom stereocenters. The van der Waals surface area contributed by atoms with Crippen molar-refractivity contribution in [3.63, 3.8) is 0 Å². The number of hydrogen-bond acceptors (Lipinski definition) is 9. The van der Waals surface area contributed by atoms with E-state index >= 15 is 0 Å². The molecule has 3 rings (SSSR count). The van der Waals surface area contributed by atoms with Crippen molar-refractivity contribution in [3.05, 3.63) is 34.7 Å². The van der Waals surface area contributed by atoms with Gasteiger partial charge in [0.1, 0.15) is 24.4 Å². The lowest BCUT2D eigenvalue weighted by Gasteiger charge is -2.39. The van der Waals surface area contributed by atoms with Gasteiger partial charge in [-0.25, -0.2) is 4.79 Å². The zero-order valence-corrected chi connectivity index (χ0v) is 12.3. The molecule has 2 aromatic rings. The molecule has 5 N–H and O–H groups in total. The number of aliphatic hydroxyl groups is 4. The molecule has 0 spiro atoms. The zero-order valence-electron chi connectivity index (χ0n) is 12.3. The maximum atomic E-state index is 11.4. The van der Waals surface area contributed by atoms with E-state index in [4.69, 9.17) is 19.0 Å². The quantitative estimate of drug-likeness (QED) is 0.429. The summed E-state index contributed by atoms with van der Waals surface area (Å²) in [5, 5.41) is 49.1. The van der Waals surface area contributed by atoms with E-state index in [9.17, 15) is 25.2 Å². The molecule has 1 fully saturated rings. The van der Waals surface area contributed by atoms with Crippen LogP contribution < -0.4 is 10.4 Å². The molecule has 0 aliphatic carbocycles. The largest absolute Gasteiger partial charge is 0.504 e. The SMILES string of the molecule is O=c1ccc2ccc(O)c(OC3OC(CO)C(O)C(O)C3O)c2o1. The molecule has 9 nitrogen and oxygen atoms in total. The molecule has 0 saturated carbocycles. The number of benzene rings is 1. The molecule has 2 heterocycles. The third kappa shape index (κ3) is 2.83. The van der Waals surface area contributed by atoms with Crippen LogP contribution >= 0.6 is 0 Å². The minimum Gasteiger partial charge on any atom is -0.504 e. The van der Waals surface area contributed by atoms with Gasteiger partial charge in [0.05, 0.1) is 6.61 Å². The summed E-state index contributed by atoms with van der Waals surface area (Å²) >= 11 is 0. The highest BCUT2D eigenvalue weighted by molar-refractivity contribution is 5.85. The van der Waals surface area contributed by atoms with Gasteiger partial charge in [-0.1, -0.05) is 0 Å². The number of ether oxygens (including phenoxy) is 2. The number of aromatic hydroxyl groups is 1. The minimum absolute atomic E-state index is 0.0699. The summed E-state index contributed by atoms with van der Waals surface area (Å²) in [7, 11) is 0. The first-order chi connectivity index (χ1) is 11.4. The van der Waals surface area contributed by atoms with Gasteiger partial charge in [-0.15, -0.1) is 0 Å². The fraction of sp³-hybridized carbons (Fsp3) is 0.400. The van der Waals surface area contributed by atoms with E-state index in [-0.39, 0.29) is 17.1 Å². The van der Waals surface area contributed by atoms with Crippen molar-refractivity contribution in [2.24, 2.45) is 0 Å². The Kier molecular flexibility index (Phi) is 4.43. The normalized spacial score (nSPS) is 30.4. The van der Waals surface area contributed by atoms with Gasteiger partial charge in [-0.2, -0.15) is 0 Å². The Hall–Kier alpha value is -2.17. The van der Waals surface area contributed by atoms with E-state index in [0.717, 1.165) is 0 Å². The van der Waals surface area contributed by atoms with Crippen molar-refractivity contribution >= 4 is 11.0 Å². The lowest BCUT2D eigenvalue weighted by molar-refractivity contribution is -0.277. The van der Waals surface area contributed by atoms with Crippen LogP contribution in [0.2, 0.25) is 0 Å². The lowest BCUT2D eigenvalue weighted by atomic mass is 9.99. The van der Waals surface area contributed by atoms with Gasteiger partial charge < -0.3 is 39.4 Å². The number of phenolic OH excluding ortho intramolecular Hbond substituents is 1. The smallest absolute Gasteiger partial charge is 0.336 e. The molecule has 5 unspecified atom stereocenters. The van der Waals surface area contributed by atoms with Gasteiger partial charge in [-0.05, 0) is 18.2 Å². The van der Waals surface area contributed by atoms with E-state index in [1.807, 2.05) is 0 Å². The van der Waals surface area contributed by atoms with Gasteiger partial charge in [-0.3, -0.25) is 0 Å². The van der Waals surface area contributed by atoms with E-state index in [0.29, 0.717) is 5.39 Å². The molecule has 0 amide bonds. The van der Waals surface area contributed by atoms with Crippen molar-refractivity contribution < 1.29 is 39.4 Å². The Bertz CT molecular complexity index is 784. The molecule has 1 aromatic heterocycles. The Morgan fingerprint density at radius 2 is 1.75 bits per heavy atom. The van der Waals surface area contributed by atoms with E-state index in [1.165, 1.54) is 24.3 Å². The average molecular weight is 340 g/mol. The van der Waals surface area contributed by atoms with Crippen LogP contribution in [0.15, 0.2) is 33.5 Å². The molecule has 1 aromatic carbocycles. The molecule has 9 heteroatoms. The first kappa shape index (κ1) is 16.7. The van der Waals surface area contributed by atoms with E-state index < -0.39 is 42.9 Å². The lowest BCUT2D eigenvalue weighted by Crippen LogP contribution is -2.60. The summed E-state index contributed by atoms with van der Waals surface area (Å²) in [6.45, 7) is -0.624. The second-order valence-electron chi connectivity index (χ2n) is 5.40. The summed E-state index contributed by atoms with van der Waals surface area (Å²) in [6.07, 6.45) is -7.51. The Morgan fingerprint density at radius 3 is 2.46 bits per heavy atom. The highest BCUT2D eigenvalue weighted by Crippen LogP contribution is 2.36. The van der Waals surface area contributed by atoms with Crippen LogP contribution in [0, 0.1) is 0 Å². The Balaban J connectivity index is 1.98. The van der Waals surface area contributed by atoms with Gasteiger partial charge in [0.25, 0.3) is 0 Å². The summed E-state index contributed by atoms with van der Waals surface area (Å²) in [5.74, 6) is -0.650. The highest BCUT2D eigenvalue weighted by Gasteiger charge is 2.45. The van der Waals surface area contributed by atoms with Crippen LogP contribution in [0.4, 0.5) is 0 Å². The molecule has 24 heavy (non-hydrogen) atoms. The van der Waals surface area contributed by atoms with Crippen LogP contribution in [0.25, 0.3) is 11.0 Å². The fourth-order valence-corrected chi connectivity index (χ4v) is 2.49. The van der Waals surface area contributed by atoms with Gasteiger partial charge >= 0.3 is 5.63 Å². The van der Waals surface area contributed by atoms with Crippen LogP contribution in [0.5, 0.6) is 11.5 Å². The van der Waals surface area contributed by atoms with Crippen LogP contribution in [0.1, 0.15) is 0 Å². The zero-order chi connectivity index (χ0) is 17.4. The molecule has 1 saturated heterocycles. The first-order valence-corrected chi connectivity index (χ1v) is 7.15. The summed E-state index contributed by atoms with van der Waals surface area (Å²) in [4.78, 5) is 11.4. The maximum absolute atomic E-state index is 11.4. The first-order valence-electron chi connectivity index (χ1n) is 7.15. The molecule has 0 bridgehead atoms. The fourth-order valence-electron chi connectivity index (χ4n) is 2.49. The van der Waals surface area contributed by atoms with Gasteiger partial charge in [0.2, 0.25) is 12.0 Å². The van der Waals surface area contributed by atoms with Crippen molar-refractivity contribution in [1.82, 2.24) is 0 Å². The third-order valence-corrected chi connectivity index (χ3v) is 3.81. The summed E-state index contributed by atoms with van der Waals surface area (Å²) in [6, 6.07) is 5.44. The van der Waals surface area contributed by atoms with Crippen LogP contribution in [0.3, 0.4) is 0 Å². The standard InChI is InChI=1S/C15H16O9/c16-5-8-10(19)11(20)12(21)15(22-8)24-14-7(17)3-1-6-2-4-9(18)23-13(6)14/h1-4,8,10-12,15-17,19-21H,5H2. The minimum atomic E-state index is -1.66. The predicted octanol–water partition coefficient (Wildman–Crippen LogP) is -1.32. The van der Waals surface area contributed by atoms with Crippen molar-refractivity contribution in [2.45, 2.75) is 30.7 Å². The Morgan fingerprint density at radius 1 is 1.04 bits per heavy atom. The molecule has 130 valence electrons. The number of phenols is 1. The van der Waals surface area contributed by atoms with Crippen molar-refractivity contribution in [3.8, 4) is 11.5 Å². The second-order valence-corrected chi connectivity index (χ2v) is 5.40. The number of aliphatic hydroxyl groups excluding tert-OH is 4. The topological polar surface area (TPSA) is 150 Å². The molecular weight excluding hydrogens is 324 g/mol. The molecule has 1 aliphatic rings. The Labute approximate surface area is 134 Å². The third-order valence-electron chi connectivity index (χ3n) is 3.81. The van der Waals surface area contributed by atoms with Crippen molar-refractivity contribution in [1.29, 1.82) is 0 Å². The number of hydrogen-bond donors (Lipinski definition) is 5. The van der Waals surface area contributed by atoms with Crippen LogP contribution in [-0.2, 0) is 4.74 Å². The number of rotatable bonds is 3. The van der Waals surface area contributed by atoms with Gasteiger partial charge in [0.15, 0.2) is 11.3 Å². The van der Waals surface area contributed by atoms with E-state index in [1.54, 1.807) is 0 Å². The van der Waals surface area contributed by atoms with E-state index in [2.05, 4.69) is 0 Å². The molecule has 0 radical (unpaired) electrons. The highest BCUT2D eigenvalue weighted by atomic mass is 16.7. The van der Waals surface area contributed by atoms with Crippen LogP contribution in [-0.4, -0.2) is 62.8 Å². The number of fused-ring (bicyclic) bond motifs is 1. The summed E-state index contributed by atoms with van der Waals surface area (Å²) < 4.78 is 15.6. The monoisotopic (exact) mass is 340 g/mol. The van der Waals surface area contributed by atoms with Gasteiger partial charge in [0, 0.05) is 11.5 Å². The average Bonchev–Trinajstić information content (AvgIpc) is 2.57. The predicted molar refractivity (Wildman–Crippen MR) is 78.5 cm³/mol. The van der Waals surface area contributed by atoms with Crippen molar-refractivity contribution in [2.75, 3.05) is 6.61 Å². The summed E-state index contributed by atoms with van der Waals surface area (Å²) in [5.41, 5.74) is -0.744.